The summed E-state index contributed by atoms with van der Waals surface area (Å²) in [7, 11) is 0. The Kier molecular flexibility index (Phi) is 4.86. The van der Waals surface area contributed by atoms with Gasteiger partial charge < -0.3 is 4.90 Å². The van der Waals surface area contributed by atoms with Crippen LogP contribution in [0.1, 0.15) is 25.3 Å². The third-order valence-corrected chi connectivity index (χ3v) is 4.40. The van der Waals surface area contributed by atoms with Crippen LogP contribution in [0.2, 0.25) is 0 Å². The highest BCUT2D eigenvalue weighted by Gasteiger charge is 2.34. The third-order valence-electron chi connectivity index (χ3n) is 3.20. The lowest BCUT2D eigenvalue weighted by atomic mass is 10.2. The molecule has 0 N–H and O–H groups in total. The van der Waals surface area contributed by atoms with E-state index in [0.29, 0.717) is 6.04 Å². The highest BCUT2D eigenvalue weighted by molar-refractivity contribution is 7.99. The smallest absolute Gasteiger partial charge is 0.236 e. The van der Waals surface area contributed by atoms with Crippen molar-refractivity contribution in [1.29, 1.82) is 5.26 Å². The number of hydrogen-bond donors (Lipinski definition) is 0. The Morgan fingerprint density at radius 2 is 2.16 bits per heavy atom. The van der Waals surface area contributed by atoms with Crippen molar-refractivity contribution >= 4 is 17.7 Å². The van der Waals surface area contributed by atoms with E-state index in [1.165, 1.54) is 5.56 Å². The molecule has 0 spiro atoms. The van der Waals surface area contributed by atoms with E-state index < -0.39 is 0 Å². The van der Waals surface area contributed by atoms with Crippen molar-refractivity contribution in [3.8, 4) is 6.07 Å². The molecule has 1 aliphatic rings. The molecule has 1 fully saturated rings. The normalized spacial score (nSPS) is 15.6. The molecule has 0 saturated heterocycles. The molecule has 0 aromatic heterocycles. The summed E-state index contributed by atoms with van der Waals surface area (Å²) in [4.78, 5) is 14.0. The van der Waals surface area contributed by atoms with Crippen molar-refractivity contribution in [2.45, 2.75) is 36.8 Å². The van der Waals surface area contributed by atoms with Gasteiger partial charge in [-0.05, 0) is 25.3 Å². The summed E-state index contributed by atoms with van der Waals surface area (Å²) in [6.45, 7) is 2.16. The van der Waals surface area contributed by atoms with Crippen molar-refractivity contribution in [2.24, 2.45) is 0 Å². The molecule has 1 amide bonds. The van der Waals surface area contributed by atoms with Gasteiger partial charge in [-0.2, -0.15) is 5.26 Å². The first-order valence-corrected chi connectivity index (χ1v) is 7.60. The van der Waals surface area contributed by atoms with Crippen LogP contribution in [0.3, 0.4) is 0 Å². The van der Waals surface area contributed by atoms with Gasteiger partial charge in [0.1, 0.15) is 6.54 Å². The number of hydrogen-bond acceptors (Lipinski definition) is 3. The maximum atomic E-state index is 12.3. The van der Waals surface area contributed by atoms with Gasteiger partial charge in [-0.25, -0.2) is 0 Å². The number of nitrogens with zero attached hydrogens (tertiary/aromatic N) is 2. The fourth-order valence-electron chi connectivity index (χ4n) is 1.95. The Labute approximate surface area is 118 Å². The van der Waals surface area contributed by atoms with Gasteiger partial charge in [0.2, 0.25) is 5.91 Å². The average molecular weight is 274 g/mol. The van der Waals surface area contributed by atoms with Crippen LogP contribution in [0.15, 0.2) is 30.3 Å². The molecular weight excluding hydrogens is 256 g/mol. The second-order valence-electron chi connectivity index (χ2n) is 4.79. The summed E-state index contributed by atoms with van der Waals surface area (Å²) in [5.74, 6) is 0.934. The molecule has 0 heterocycles. The molecule has 1 atom stereocenters. The van der Waals surface area contributed by atoms with E-state index in [1.54, 1.807) is 16.7 Å². The summed E-state index contributed by atoms with van der Waals surface area (Å²) in [6.07, 6.45) is 2.09. The monoisotopic (exact) mass is 274 g/mol. The third kappa shape index (κ3) is 4.00. The lowest BCUT2D eigenvalue weighted by Gasteiger charge is -2.22. The van der Waals surface area contributed by atoms with Crippen LogP contribution in [-0.2, 0) is 10.5 Å². The molecule has 0 bridgehead atoms. The van der Waals surface area contributed by atoms with E-state index in [4.69, 9.17) is 5.26 Å². The molecule has 0 radical (unpaired) electrons. The molecule has 1 saturated carbocycles. The maximum absolute atomic E-state index is 12.3. The van der Waals surface area contributed by atoms with Gasteiger partial charge in [-0.15, -0.1) is 11.8 Å². The van der Waals surface area contributed by atoms with Gasteiger partial charge in [-0.3, -0.25) is 4.79 Å². The van der Waals surface area contributed by atoms with Gasteiger partial charge in [0.05, 0.1) is 11.3 Å². The minimum Gasteiger partial charge on any atom is -0.325 e. The number of nitriles is 1. The predicted octanol–water partition coefficient (Wildman–Crippen LogP) is 2.82. The first kappa shape index (κ1) is 14.0. The summed E-state index contributed by atoms with van der Waals surface area (Å²) in [6, 6.07) is 12.5. The van der Waals surface area contributed by atoms with E-state index in [0.717, 1.165) is 18.6 Å². The summed E-state index contributed by atoms with van der Waals surface area (Å²) in [5, 5.41) is 8.71. The molecule has 1 unspecified atom stereocenters. The Bertz CT molecular complexity index is 465. The maximum Gasteiger partial charge on any atom is 0.236 e. The van der Waals surface area contributed by atoms with Gasteiger partial charge in [0, 0.05) is 11.8 Å². The highest BCUT2D eigenvalue weighted by Crippen LogP contribution is 2.29. The number of amides is 1. The second-order valence-corrected chi connectivity index (χ2v) is 6.12. The zero-order valence-corrected chi connectivity index (χ0v) is 11.9. The van der Waals surface area contributed by atoms with Crippen LogP contribution in [0.25, 0.3) is 0 Å². The fraction of sp³-hybridized carbons (Fsp3) is 0.467. The van der Waals surface area contributed by atoms with Gasteiger partial charge in [0.15, 0.2) is 0 Å². The highest BCUT2D eigenvalue weighted by atomic mass is 32.2. The second kappa shape index (κ2) is 6.63. The summed E-state index contributed by atoms with van der Waals surface area (Å²) < 4.78 is 0. The van der Waals surface area contributed by atoms with Gasteiger partial charge >= 0.3 is 0 Å². The molecule has 1 aromatic carbocycles. The molecule has 2 rings (SSSR count). The van der Waals surface area contributed by atoms with Crippen molar-refractivity contribution < 1.29 is 4.79 Å². The molecule has 1 aliphatic carbocycles. The first-order chi connectivity index (χ1) is 9.22. The standard InChI is InChI=1S/C15H18N2OS/c1-12(19-11-13-5-3-2-4-6-13)15(18)17(10-9-16)14-7-8-14/h2-6,12,14H,7-8,10-11H2,1H3. The summed E-state index contributed by atoms with van der Waals surface area (Å²) in [5.41, 5.74) is 1.23. The minimum absolute atomic E-state index is 0.0887. The lowest BCUT2D eigenvalue weighted by molar-refractivity contribution is -0.130. The van der Waals surface area contributed by atoms with Gasteiger partial charge in [-0.1, -0.05) is 30.3 Å². The zero-order valence-electron chi connectivity index (χ0n) is 11.1. The van der Waals surface area contributed by atoms with Crippen molar-refractivity contribution in [3.05, 3.63) is 35.9 Å². The molecule has 100 valence electrons. The summed E-state index contributed by atoms with van der Waals surface area (Å²) >= 11 is 1.64. The Hall–Kier alpha value is -1.47. The Balaban J connectivity index is 1.86. The van der Waals surface area contributed by atoms with Crippen LogP contribution >= 0.6 is 11.8 Å². The van der Waals surface area contributed by atoms with Crippen molar-refractivity contribution in [2.75, 3.05) is 6.54 Å². The number of carbonyl (C=O) groups excluding carboxylic acids is 1. The van der Waals surface area contributed by atoms with Crippen LogP contribution in [0.5, 0.6) is 0 Å². The molecule has 4 heteroatoms. The minimum atomic E-state index is -0.0887. The molecule has 0 aliphatic heterocycles. The fourth-order valence-corrected chi connectivity index (χ4v) is 2.86. The van der Waals surface area contributed by atoms with Gasteiger partial charge in [0.25, 0.3) is 0 Å². The van der Waals surface area contributed by atoms with Crippen molar-refractivity contribution in [3.63, 3.8) is 0 Å². The average Bonchev–Trinajstić information content (AvgIpc) is 3.27. The molecule has 3 nitrogen and oxygen atoms in total. The van der Waals surface area contributed by atoms with E-state index >= 15 is 0 Å². The molecular formula is C15H18N2OS. The SMILES string of the molecule is CC(SCc1ccccc1)C(=O)N(CC#N)C1CC1. The van der Waals surface area contributed by atoms with E-state index in [2.05, 4.69) is 18.2 Å². The quantitative estimate of drug-likeness (QED) is 0.749. The number of rotatable bonds is 6. The Morgan fingerprint density at radius 1 is 1.47 bits per heavy atom. The first-order valence-electron chi connectivity index (χ1n) is 6.55. The largest absolute Gasteiger partial charge is 0.325 e. The number of thioether (sulfide) groups is 1. The van der Waals surface area contributed by atoms with Crippen LogP contribution in [-0.4, -0.2) is 28.6 Å². The van der Waals surface area contributed by atoms with E-state index in [1.807, 2.05) is 25.1 Å². The van der Waals surface area contributed by atoms with Crippen LogP contribution in [0, 0.1) is 11.3 Å². The van der Waals surface area contributed by atoms with E-state index in [-0.39, 0.29) is 17.7 Å². The lowest BCUT2D eigenvalue weighted by Crippen LogP contribution is -2.38. The molecule has 1 aromatic rings. The van der Waals surface area contributed by atoms with Crippen LogP contribution in [0.4, 0.5) is 0 Å². The van der Waals surface area contributed by atoms with Crippen molar-refractivity contribution in [1.82, 2.24) is 4.90 Å². The topological polar surface area (TPSA) is 44.1 Å². The molecule has 19 heavy (non-hydrogen) atoms. The van der Waals surface area contributed by atoms with E-state index in [9.17, 15) is 4.79 Å². The number of carbonyl (C=O) groups is 1. The van der Waals surface area contributed by atoms with Crippen LogP contribution < -0.4 is 0 Å². The zero-order chi connectivity index (χ0) is 13.7. The predicted molar refractivity (Wildman–Crippen MR) is 77.5 cm³/mol. The Morgan fingerprint density at radius 3 is 2.74 bits per heavy atom. The number of benzene rings is 1.